The van der Waals surface area contributed by atoms with Crippen LogP contribution in [0.1, 0.15) is 5.56 Å². The molecule has 2 N–H and O–H groups in total. The lowest BCUT2D eigenvalue weighted by Gasteiger charge is -2.29. The molecule has 2 aromatic carbocycles. The molecule has 3 aromatic rings. The molecular weight excluding hydrogens is 496 g/mol. The van der Waals surface area contributed by atoms with Crippen LogP contribution < -0.4 is 9.64 Å². The van der Waals surface area contributed by atoms with Crippen LogP contribution in [0.15, 0.2) is 49.8 Å². The van der Waals surface area contributed by atoms with E-state index in [1.165, 1.54) is 0 Å². The van der Waals surface area contributed by atoms with Crippen molar-refractivity contribution in [2.45, 2.75) is 0 Å². The van der Waals surface area contributed by atoms with E-state index in [1.807, 2.05) is 36.4 Å². The third-order valence-electron chi connectivity index (χ3n) is 4.45. The van der Waals surface area contributed by atoms with Gasteiger partial charge in [0, 0.05) is 15.7 Å². The van der Waals surface area contributed by atoms with Crippen molar-refractivity contribution in [3.63, 3.8) is 0 Å². The first-order valence-electron chi connectivity index (χ1n) is 7.97. The number of rotatable bonds is 1. The van der Waals surface area contributed by atoms with Gasteiger partial charge in [0.1, 0.15) is 12.2 Å². The number of aliphatic imine (C=N–C) groups is 1. The first kappa shape index (κ1) is 16.9. The summed E-state index contributed by atoms with van der Waals surface area (Å²) in [4.78, 5) is 25.3. The maximum absolute atomic E-state index is 13.1. The minimum Gasteiger partial charge on any atom is -0.437 e. The third kappa shape index (κ3) is 2.69. The molecule has 0 unspecified atom stereocenters. The molecule has 0 fully saturated rings. The van der Waals surface area contributed by atoms with Crippen molar-refractivity contribution in [3.05, 3.63) is 55.2 Å². The van der Waals surface area contributed by atoms with Crippen LogP contribution >= 0.6 is 44.1 Å². The highest BCUT2D eigenvalue weighted by atomic mass is 79.9. The number of hydrogen-bond donors (Lipinski definition) is 2. The Bertz CT molecular complexity index is 1260. The minimum absolute atomic E-state index is 0.154. The Labute approximate surface area is 175 Å². The van der Waals surface area contributed by atoms with Crippen LogP contribution in [-0.4, -0.2) is 28.4 Å². The largest absolute Gasteiger partial charge is 0.437 e. The van der Waals surface area contributed by atoms with Gasteiger partial charge in [0.05, 0.1) is 15.5 Å². The Balaban J connectivity index is 1.58. The molecule has 5 rings (SSSR count). The first-order valence-corrected chi connectivity index (χ1v) is 9.97. The molecule has 2 aliphatic heterocycles. The molecule has 0 spiro atoms. The van der Waals surface area contributed by atoms with Gasteiger partial charge in [-0.15, -0.1) is 0 Å². The predicted molar refractivity (Wildman–Crippen MR) is 114 cm³/mol. The predicted octanol–water partition coefficient (Wildman–Crippen LogP) is 4.93. The van der Waals surface area contributed by atoms with E-state index in [0.717, 1.165) is 31.2 Å². The summed E-state index contributed by atoms with van der Waals surface area (Å²) >= 11 is 12.1. The maximum atomic E-state index is 13.1. The number of H-pyrrole nitrogens is 2. The number of anilines is 1. The minimum atomic E-state index is -0.154. The molecule has 0 radical (unpaired) electrons. The molecule has 2 aliphatic rings. The molecule has 27 heavy (non-hydrogen) atoms. The highest BCUT2D eigenvalue weighted by Crippen LogP contribution is 2.40. The molecule has 0 aliphatic carbocycles. The van der Waals surface area contributed by atoms with E-state index >= 15 is 0 Å². The Morgan fingerprint density at radius 3 is 2.81 bits per heavy atom. The number of carbonyl (C=O) groups excluding carboxylic acids is 1. The highest BCUT2D eigenvalue weighted by Gasteiger charge is 2.33. The number of aromatic amines is 2. The molecule has 0 atom stereocenters. The molecule has 1 aromatic heterocycles. The number of benzene rings is 2. The monoisotopic (exact) mass is 504 g/mol. The van der Waals surface area contributed by atoms with Gasteiger partial charge in [0.25, 0.3) is 5.91 Å². The number of aromatic nitrogens is 2. The van der Waals surface area contributed by atoms with Crippen LogP contribution in [0, 0.1) is 4.77 Å². The third-order valence-corrected chi connectivity index (χ3v) is 6.64. The molecule has 0 saturated heterocycles. The molecule has 9 heteroatoms. The van der Waals surface area contributed by atoms with Crippen molar-refractivity contribution in [2.75, 3.05) is 11.6 Å². The summed E-state index contributed by atoms with van der Waals surface area (Å²) in [6.07, 6.45) is 1.81. The van der Waals surface area contributed by atoms with Crippen molar-refractivity contribution in [1.82, 2.24) is 9.97 Å². The second-order valence-corrected chi connectivity index (χ2v) is 8.14. The fourth-order valence-electron chi connectivity index (χ4n) is 3.14. The van der Waals surface area contributed by atoms with Gasteiger partial charge in [0.2, 0.25) is 5.90 Å². The number of halogens is 2. The second kappa shape index (κ2) is 6.15. The first-order chi connectivity index (χ1) is 13.0. The Morgan fingerprint density at radius 1 is 1.15 bits per heavy atom. The number of amides is 1. The Kier molecular flexibility index (Phi) is 3.85. The highest BCUT2D eigenvalue weighted by molar-refractivity contribution is 9.13. The van der Waals surface area contributed by atoms with E-state index in [1.54, 1.807) is 4.90 Å². The lowest BCUT2D eigenvalue weighted by molar-refractivity contribution is -0.114. The Morgan fingerprint density at radius 2 is 1.96 bits per heavy atom. The zero-order chi connectivity index (χ0) is 18.7. The topological polar surface area (TPSA) is 73.5 Å². The number of imidazole rings is 1. The van der Waals surface area contributed by atoms with Crippen molar-refractivity contribution >= 4 is 78.7 Å². The van der Waals surface area contributed by atoms with Gasteiger partial charge in [-0.25, -0.2) is 4.99 Å². The summed E-state index contributed by atoms with van der Waals surface area (Å²) in [5, 5.41) is 0. The van der Waals surface area contributed by atoms with Crippen molar-refractivity contribution < 1.29 is 9.53 Å². The average Bonchev–Trinajstić information content (AvgIpc) is 3.03. The zero-order valence-electron chi connectivity index (χ0n) is 13.5. The van der Waals surface area contributed by atoms with Crippen LogP contribution in [0.5, 0.6) is 5.75 Å². The van der Waals surface area contributed by atoms with E-state index in [-0.39, 0.29) is 12.6 Å². The number of carbonyl (C=O) groups is 1. The molecular formula is C18H10Br2N4O2S. The number of nitrogens with zero attached hydrogens (tertiary/aromatic N) is 2. The summed E-state index contributed by atoms with van der Waals surface area (Å²) in [5.41, 5.74) is 3.73. The van der Waals surface area contributed by atoms with Gasteiger partial charge in [-0.05, 0) is 74.4 Å². The van der Waals surface area contributed by atoms with Crippen LogP contribution in [0.4, 0.5) is 5.69 Å². The average molecular weight is 506 g/mol. The van der Waals surface area contributed by atoms with Gasteiger partial charge in [-0.1, -0.05) is 6.07 Å². The lowest BCUT2D eigenvalue weighted by Crippen LogP contribution is -2.41. The van der Waals surface area contributed by atoms with Crippen LogP contribution in [-0.2, 0) is 4.79 Å². The number of fused-ring (bicyclic) bond motifs is 3. The Hall–Kier alpha value is -2.23. The quantitative estimate of drug-likeness (QED) is 0.460. The number of hydrogen-bond acceptors (Lipinski definition) is 4. The van der Waals surface area contributed by atoms with Crippen molar-refractivity contribution in [1.29, 1.82) is 0 Å². The van der Waals surface area contributed by atoms with Crippen LogP contribution in [0.25, 0.3) is 17.1 Å². The van der Waals surface area contributed by atoms with Gasteiger partial charge in [0.15, 0.2) is 10.5 Å². The van der Waals surface area contributed by atoms with Gasteiger partial charge in [-0.3, -0.25) is 9.69 Å². The van der Waals surface area contributed by atoms with E-state index in [0.29, 0.717) is 22.0 Å². The van der Waals surface area contributed by atoms with Crippen molar-refractivity contribution in [2.24, 2.45) is 4.99 Å². The van der Waals surface area contributed by atoms with E-state index in [4.69, 9.17) is 17.0 Å². The maximum Gasteiger partial charge on any atom is 0.265 e. The summed E-state index contributed by atoms with van der Waals surface area (Å²) in [6.45, 7) is 0.184. The summed E-state index contributed by atoms with van der Waals surface area (Å²) in [5.74, 6) is 0.831. The number of nitrogens with one attached hydrogen (secondary N) is 2. The number of ether oxygens (including phenoxy) is 1. The van der Waals surface area contributed by atoms with E-state index < -0.39 is 0 Å². The summed E-state index contributed by atoms with van der Waals surface area (Å²) in [6, 6.07) is 9.43. The lowest BCUT2D eigenvalue weighted by atomic mass is 10.0. The second-order valence-electron chi connectivity index (χ2n) is 6.09. The van der Waals surface area contributed by atoms with Gasteiger partial charge in [-0.2, -0.15) is 0 Å². The van der Waals surface area contributed by atoms with E-state index in [2.05, 4.69) is 46.8 Å². The molecule has 0 bridgehead atoms. The smallest absolute Gasteiger partial charge is 0.265 e. The summed E-state index contributed by atoms with van der Waals surface area (Å²) < 4.78 is 8.12. The zero-order valence-corrected chi connectivity index (χ0v) is 17.5. The standard InChI is InChI=1S/C18H10Br2N4O2S/c19-11-3-1-8-5-10-16(26-15(8)14(11)20)21-7-24(17(10)25)9-2-4-12-13(6-9)23-18(27)22-12/h1-6H,7H2,(H2,22,23,27). The SMILES string of the molecule is O=C1C2=Cc3ccc(Br)c(Br)c3OC2=NCN1c1ccc2[nH]c(=S)[nH]c2c1. The van der Waals surface area contributed by atoms with Crippen LogP contribution in [0.2, 0.25) is 0 Å². The molecule has 6 nitrogen and oxygen atoms in total. The fourth-order valence-corrected chi connectivity index (χ4v) is 4.11. The van der Waals surface area contributed by atoms with Crippen molar-refractivity contribution in [3.8, 4) is 5.75 Å². The summed E-state index contributed by atoms with van der Waals surface area (Å²) in [7, 11) is 0. The normalized spacial score (nSPS) is 15.8. The molecule has 1 amide bonds. The van der Waals surface area contributed by atoms with Gasteiger partial charge < -0.3 is 14.7 Å². The molecule has 3 heterocycles. The van der Waals surface area contributed by atoms with E-state index in [9.17, 15) is 4.79 Å². The fraction of sp³-hybridized carbons (Fsp3) is 0.0556. The van der Waals surface area contributed by atoms with Gasteiger partial charge >= 0.3 is 0 Å². The molecule has 134 valence electrons. The van der Waals surface area contributed by atoms with Crippen LogP contribution in [0.3, 0.4) is 0 Å². The molecule has 0 saturated carbocycles.